The maximum absolute atomic E-state index is 12.4. The monoisotopic (exact) mass is 318 g/mol. The van der Waals surface area contributed by atoms with Crippen molar-refractivity contribution in [2.24, 2.45) is 10.2 Å². The van der Waals surface area contributed by atoms with Gasteiger partial charge in [-0.1, -0.05) is 30.3 Å². The van der Waals surface area contributed by atoms with E-state index in [1.807, 2.05) is 18.2 Å². The molecule has 0 bridgehead atoms. The highest BCUT2D eigenvalue weighted by Crippen LogP contribution is 2.40. The number of aliphatic imine (C=N–C) groups is 1. The van der Waals surface area contributed by atoms with Crippen LogP contribution in [0.1, 0.15) is 21.5 Å². The van der Waals surface area contributed by atoms with Gasteiger partial charge >= 0.3 is 0 Å². The molecule has 0 radical (unpaired) electrons. The molecule has 1 aromatic heterocycles. The molecule has 116 valence electrons. The van der Waals surface area contributed by atoms with Crippen LogP contribution in [0, 0.1) is 4.91 Å². The van der Waals surface area contributed by atoms with Crippen LogP contribution in [0.25, 0.3) is 11.3 Å². The molecule has 24 heavy (non-hydrogen) atoms. The van der Waals surface area contributed by atoms with E-state index in [0.717, 1.165) is 0 Å². The third-order valence-corrected chi connectivity index (χ3v) is 3.84. The Kier molecular flexibility index (Phi) is 3.09. The van der Waals surface area contributed by atoms with Gasteiger partial charge in [-0.15, -0.1) is 4.91 Å². The number of nitrogens with zero attached hydrogens (tertiary/aromatic N) is 2. The molecule has 2 heterocycles. The number of carbonyl (C=O) groups is 1. The van der Waals surface area contributed by atoms with E-state index in [1.54, 1.807) is 24.3 Å². The molecule has 3 aromatic rings. The normalized spacial score (nSPS) is 12.8. The first-order chi connectivity index (χ1) is 11.7. The Bertz CT molecular complexity index is 986. The van der Waals surface area contributed by atoms with Crippen LogP contribution in [0.2, 0.25) is 0 Å². The van der Waals surface area contributed by atoms with E-state index < -0.39 is 5.91 Å². The lowest BCUT2D eigenvalue weighted by Crippen LogP contribution is -1.98. The van der Waals surface area contributed by atoms with Gasteiger partial charge in [0.1, 0.15) is 11.3 Å². The first-order valence-electron chi connectivity index (χ1n) is 7.17. The van der Waals surface area contributed by atoms with Crippen molar-refractivity contribution in [2.75, 3.05) is 0 Å². The molecule has 0 unspecified atom stereocenters. The topological polar surface area (TPSA) is 92.2 Å². The van der Waals surface area contributed by atoms with E-state index in [4.69, 9.17) is 4.42 Å². The third kappa shape index (κ3) is 2.04. The molecule has 1 aliphatic heterocycles. The van der Waals surface area contributed by atoms with Crippen LogP contribution < -0.4 is 0 Å². The molecule has 6 heteroatoms. The second-order valence-electron chi connectivity index (χ2n) is 5.26. The number of hydrogen-bond acceptors (Lipinski definition) is 5. The number of furan rings is 1. The van der Waals surface area contributed by atoms with Gasteiger partial charge < -0.3 is 9.52 Å². The lowest BCUT2D eigenvalue weighted by Gasteiger charge is -1.99. The van der Waals surface area contributed by atoms with E-state index in [9.17, 15) is 14.8 Å². The fourth-order valence-corrected chi connectivity index (χ4v) is 2.74. The maximum Gasteiger partial charge on any atom is 0.293 e. The minimum Gasteiger partial charge on any atom is -0.480 e. The zero-order valence-corrected chi connectivity index (χ0v) is 12.3. The Morgan fingerprint density at radius 2 is 1.62 bits per heavy atom. The van der Waals surface area contributed by atoms with Crippen molar-refractivity contribution in [3.63, 3.8) is 0 Å². The average molecular weight is 318 g/mol. The van der Waals surface area contributed by atoms with E-state index in [0.29, 0.717) is 22.4 Å². The second kappa shape index (κ2) is 5.27. The molecule has 0 fully saturated rings. The maximum atomic E-state index is 12.4. The molecular formula is C18H10N2O4. The largest absolute Gasteiger partial charge is 0.480 e. The Morgan fingerprint density at radius 1 is 0.917 bits per heavy atom. The van der Waals surface area contributed by atoms with Crippen molar-refractivity contribution in [2.45, 2.75) is 0 Å². The van der Waals surface area contributed by atoms with Gasteiger partial charge in [0.2, 0.25) is 0 Å². The summed E-state index contributed by atoms with van der Waals surface area (Å²) in [6.45, 7) is 0. The van der Waals surface area contributed by atoms with Gasteiger partial charge in [0.05, 0.1) is 11.3 Å². The SMILES string of the molecule is O=Nc1ccc(-c2oc(O)c3c2C(=O)N=C3c2ccccc2)cc1. The average Bonchev–Trinajstić information content (AvgIpc) is 3.15. The molecule has 1 N–H and O–H groups in total. The zero-order chi connectivity index (χ0) is 16.7. The minimum atomic E-state index is -0.472. The lowest BCUT2D eigenvalue weighted by molar-refractivity contribution is 0.101. The molecule has 0 atom stereocenters. The molecule has 0 saturated heterocycles. The van der Waals surface area contributed by atoms with Crippen LogP contribution in [0.15, 0.2) is 69.2 Å². The summed E-state index contributed by atoms with van der Waals surface area (Å²) < 4.78 is 5.41. The Balaban J connectivity index is 1.87. The first-order valence-corrected chi connectivity index (χ1v) is 7.17. The van der Waals surface area contributed by atoms with Gasteiger partial charge in [0, 0.05) is 11.1 Å². The summed E-state index contributed by atoms with van der Waals surface area (Å²) in [6.07, 6.45) is 0. The summed E-state index contributed by atoms with van der Waals surface area (Å²) in [4.78, 5) is 26.9. The predicted octanol–water partition coefficient (Wildman–Crippen LogP) is 4.04. The predicted molar refractivity (Wildman–Crippen MR) is 87.7 cm³/mol. The van der Waals surface area contributed by atoms with Crippen LogP contribution in [0.4, 0.5) is 5.69 Å². The van der Waals surface area contributed by atoms with Crippen molar-refractivity contribution in [3.05, 3.63) is 76.2 Å². The fourth-order valence-electron chi connectivity index (χ4n) is 2.74. The molecule has 2 aromatic carbocycles. The van der Waals surface area contributed by atoms with E-state index in [2.05, 4.69) is 10.2 Å². The van der Waals surface area contributed by atoms with Crippen molar-refractivity contribution < 1.29 is 14.3 Å². The highest BCUT2D eigenvalue weighted by molar-refractivity contribution is 6.30. The fraction of sp³-hybridized carbons (Fsp3) is 0. The standard InChI is InChI=1S/C18H10N2O4/c21-17-14-13(15(19-17)10-4-2-1-3-5-10)18(22)24-16(14)11-6-8-12(20-23)9-7-11/h1-9,22H. The van der Waals surface area contributed by atoms with Crippen molar-refractivity contribution in [1.29, 1.82) is 0 Å². The van der Waals surface area contributed by atoms with Crippen LogP contribution in [-0.4, -0.2) is 16.7 Å². The van der Waals surface area contributed by atoms with Crippen molar-refractivity contribution >= 4 is 17.3 Å². The van der Waals surface area contributed by atoms with Gasteiger partial charge in [-0.3, -0.25) is 4.79 Å². The molecule has 1 amide bonds. The van der Waals surface area contributed by atoms with Gasteiger partial charge in [-0.2, -0.15) is 0 Å². The molecule has 0 aliphatic carbocycles. The van der Waals surface area contributed by atoms with Crippen LogP contribution in [-0.2, 0) is 0 Å². The summed E-state index contributed by atoms with van der Waals surface area (Å²) in [5, 5.41) is 13.0. The van der Waals surface area contributed by atoms with Gasteiger partial charge in [0.15, 0.2) is 5.76 Å². The zero-order valence-electron chi connectivity index (χ0n) is 12.3. The van der Waals surface area contributed by atoms with E-state index in [-0.39, 0.29) is 23.0 Å². The van der Waals surface area contributed by atoms with Gasteiger partial charge in [-0.25, -0.2) is 4.99 Å². The Labute approximate surface area is 136 Å². The van der Waals surface area contributed by atoms with Gasteiger partial charge in [-0.05, 0) is 29.4 Å². The summed E-state index contributed by atoms with van der Waals surface area (Å²) >= 11 is 0. The summed E-state index contributed by atoms with van der Waals surface area (Å²) in [5.41, 5.74) is 2.43. The van der Waals surface area contributed by atoms with Crippen molar-refractivity contribution in [1.82, 2.24) is 0 Å². The highest BCUT2D eigenvalue weighted by atomic mass is 16.5. The molecule has 6 nitrogen and oxygen atoms in total. The van der Waals surface area contributed by atoms with E-state index >= 15 is 0 Å². The van der Waals surface area contributed by atoms with Crippen molar-refractivity contribution in [3.8, 4) is 17.3 Å². The number of nitroso groups, excluding NO2 is 1. The third-order valence-electron chi connectivity index (χ3n) is 3.84. The van der Waals surface area contributed by atoms with Crippen LogP contribution in [0.3, 0.4) is 0 Å². The summed E-state index contributed by atoms with van der Waals surface area (Å²) in [6, 6.07) is 15.3. The Hall–Kier alpha value is -3.54. The first kappa shape index (κ1) is 14.1. The van der Waals surface area contributed by atoms with Crippen LogP contribution >= 0.6 is 0 Å². The number of aromatic hydroxyl groups is 1. The molecule has 4 rings (SSSR count). The molecule has 0 saturated carbocycles. The Morgan fingerprint density at radius 3 is 2.29 bits per heavy atom. The van der Waals surface area contributed by atoms with Crippen LogP contribution in [0.5, 0.6) is 5.95 Å². The number of fused-ring (bicyclic) bond motifs is 1. The number of amides is 1. The quantitative estimate of drug-likeness (QED) is 0.738. The smallest absolute Gasteiger partial charge is 0.293 e. The summed E-state index contributed by atoms with van der Waals surface area (Å²) in [7, 11) is 0. The van der Waals surface area contributed by atoms with E-state index in [1.165, 1.54) is 12.1 Å². The van der Waals surface area contributed by atoms with Gasteiger partial charge in [0.25, 0.3) is 11.9 Å². The molecule has 0 spiro atoms. The lowest BCUT2D eigenvalue weighted by atomic mass is 10.0. The number of hydrogen-bond donors (Lipinski definition) is 1. The highest BCUT2D eigenvalue weighted by Gasteiger charge is 2.35. The minimum absolute atomic E-state index is 0.221. The number of rotatable bonds is 3. The molecule has 1 aliphatic rings. The number of carbonyl (C=O) groups excluding carboxylic acids is 1. The summed E-state index contributed by atoms with van der Waals surface area (Å²) in [5.74, 6) is -0.605. The second-order valence-corrected chi connectivity index (χ2v) is 5.26. The number of benzene rings is 2. The molecular weight excluding hydrogens is 308 g/mol.